The number of carboxylic acid groups (broad SMARTS) is 1. The van der Waals surface area contributed by atoms with Gasteiger partial charge in [0.15, 0.2) is 5.82 Å². The number of carbonyl (C=O) groups is 1. The van der Waals surface area contributed by atoms with Crippen molar-refractivity contribution >= 4 is 28.8 Å². The number of ether oxygens (including phenoxy) is 1. The second-order valence-corrected chi connectivity index (χ2v) is 5.77. The third-order valence-corrected chi connectivity index (χ3v) is 4.04. The molecule has 2 aromatic heterocycles. The van der Waals surface area contributed by atoms with Gasteiger partial charge in [0.2, 0.25) is 11.9 Å². The molecule has 0 bridgehead atoms. The van der Waals surface area contributed by atoms with Crippen molar-refractivity contribution in [1.29, 1.82) is 0 Å². The first-order valence-electron chi connectivity index (χ1n) is 8.17. The molecule has 4 rings (SSSR count). The summed E-state index contributed by atoms with van der Waals surface area (Å²) in [7, 11) is 0. The second-order valence-electron chi connectivity index (χ2n) is 5.77. The number of fused-ring (bicyclic) bond motifs is 1. The largest absolute Gasteiger partial charge is 0.480 e. The van der Waals surface area contributed by atoms with E-state index in [-0.39, 0.29) is 12.5 Å². The number of benzene rings is 1. The molecule has 10 heteroatoms. The monoisotopic (exact) mass is 355 g/mol. The molecule has 1 saturated heterocycles. The Labute approximate surface area is 148 Å². The zero-order chi connectivity index (χ0) is 17.9. The van der Waals surface area contributed by atoms with Crippen LogP contribution in [-0.2, 0) is 9.53 Å². The molecule has 0 spiro atoms. The summed E-state index contributed by atoms with van der Waals surface area (Å²) in [6, 6.07) is 5.70. The number of nitrogens with one attached hydrogen (secondary N) is 2. The van der Waals surface area contributed by atoms with E-state index in [0.717, 1.165) is 16.5 Å². The highest BCUT2D eigenvalue weighted by atomic mass is 16.5. The van der Waals surface area contributed by atoms with Gasteiger partial charge in [0.1, 0.15) is 6.54 Å². The quantitative estimate of drug-likeness (QED) is 0.607. The van der Waals surface area contributed by atoms with Crippen LogP contribution in [0.15, 0.2) is 24.4 Å². The summed E-state index contributed by atoms with van der Waals surface area (Å²) in [5.41, 5.74) is 1.67. The van der Waals surface area contributed by atoms with Crippen LogP contribution in [0.25, 0.3) is 22.3 Å². The molecule has 0 radical (unpaired) electrons. The van der Waals surface area contributed by atoms with Gasteiger partial charge in [-0.05, 0) is 6.07 Å². The Morgan fingerprint density at radius 3 is 2.92 bits per heavy atom. The normalized spacial score (nSPS) is 14.5. The molecule has 3 aromatic rings. The maximum absolute atomic E-state index is 10.9. The van der Waals surface area contributed by atoms with Crippen LogP contribution in [0.1, 0.15) is 0 Å². The van der Waals surface area contributed by atoms with Crippen LogP contribution < -0.4 is 10.2 Å². The van der Waals surface area contributed by atoms with Gasteiger partial charge in [-0.15, -0.1) is 0 Å². The summed E-state index contributed by atoms with van der Waals surface area (Å²) < 4.78 is 5.37. The molecule has 3 N–H and O–H groups in total. The van der Waals surface area contributed by atoms with Gasteiger partial charge in [-0.1, -0.05) is 12.1 Å². The molecule has 1 aliphatic rings. The minimum Gasteiger partial charge on any atom is -0.480 e. The number of rotatable bonds is 5. The van der Waals surface area contributed by atoms with Crippen LogP contribution >= 0.6 is 0 Å². The Morgan fingerprint density at radius 1 is 1.27 bits per heavy atom. The van der Waals surface area contributed by atoms with Crippen molar-refractivity contribution in [2.24, 2.45) is 0 Å². The molecule has 0 unspecified atom stereocenters. The molecule has 1 fully saturated rings. The van der Waals surface area contributed by atoms with Gasteiger partial charge in [-0.3, -0.25) is 9.89 Å². The number of aromatic amines is 1. The van der Waals surface area contributed by atoms with E-state index in [9.17, 15) is 4.79 Å². The number of nitrogens with zero attached hydrogens (tertiary/aromatic N) is 5. The van der Waals surface area contributed by atoms with Crippen LogP contribution in [0.3, 0.4) is 0 Å². The van der Waals surface area contributed by atoms with Gasteiger partial charge in [0.25, 0.3) is 0 Å². The standard InChI is InChI=1S/C16H17N7O3/c24-13(25)9-17-15-19-14(10-2-1-3-12-11(10)8-18-22-12)20-16(21-15)23-4-6-26-7-5-23/h1-3,8H,4-7,9H2,(H,18,22)(H,24,25)(H,17,19,20,21). The van der Waals surface area contributed by atoms with Crippen molar-refractivity contribution in [2.45, 2.75) is 0 Å². The average molecular weight is 355 g/mol. The molecule has 3 heterocycles. The van der Waals surface area contributed by atoms with Crippen molar-refractivity contribution in [3.05, 3.63) is 24.4 Å². The number of morpholine rings is 1. The Morgan fingerprint density at radius 2 is 2.12 bits per heavy atom. The van der Waals surface area contributed by atoms with E-state index in [1.807, 2.05) is 23.1 Å². The summed E-state index contributed by atoms with van der Waals surface area (Å²) in [6.07, 6.45) is 1.72. The topological polar surface area (TPSA) is 129 Å². The predicted molar refractivity (Wildman–Crippen MR) is 94.1 cm³/mol. The molecular weight excluding hydrogens is 338 g/mol. The Kier molecular flexibility index (Phi) is 4.32. The predicted octanol–water partition coefficient (Wildman–Crippen LogP) is 0.748. The van der Waals surface area contributed by atoms with Crippen molar-refractivity contribution in [1.82, 2.24) is 25.1 Å². The molecule has 0 amide bonds. The number of aliphatic carboxylic acids is 1. The van der Waals surface area contributed by atoms with Crippen LogP contribution in [0, 0.1) is 0 Å². The smallest absolute Gasteiger partial charge is 0.322 e. The lowest BCUT2D eigenvalue weighted by Crippen LogP contribution is -2.37. The molecule has 0 saturated carbocycles. The van der Waals surface area contributed by atoms with Gasteiger partial charge >= 0.3 is 5.97 Å². The fourth-order valence-corrected chi connectivity index (χ4v) is 2.79. The lowest BCUT2D eigenvalue weighted by molar-refractivity contribution is -0.134. The minimum atomic E-state index is -0.989. The third kappa shape index (κ3) is 3.26. The van der Waals surface area contributed by atoms with Crippen LogP contribution in [-0.4, -0.2) is 69.1 Å². The number of aromatic nitrogens is 5. The molecule has 10 nitrogen and oxygen atoms in total. The van der Waals surface area contributed by atoms with Crippen LogP contribution in [0.5, 0.6) is 0 Å². The Bertz CT molecular complexity index is 936. The summed E-state index contributed by atoms with van der Waals surface area (Å²) >= 11 is 0. The molecule has 0 aliphatic carbocycles. The summed E-state index contributed by atoms with van der Waals surface area (Å²) in [4.78, 5) is 26.3. The van der Waals surface area contributed by atoms with E-state index in [1.165, 1.54) is 0 Å². The van der Waals surface area contributed by atoms with Gasteiger partial charge in [-0.25, -0.2) is 0 Å². The van der Waals surface area contributed by atoms with E-state index < -0.39 is 5.97 Å². The van der Waals surface area contributed by atoms with Gasteiger partial charge in [0, 0.05) is 24.0 Å². The first-order chi connectivity index (χ1) is 12.7. The maximum atomic E-state index is 10.9. The first-order valence-corrected chi connectivity index (χ1v) is 8.17. The maximum Gasteiger partial charge on any atom is 0.322 e. The minimum absolute atomic E-state index is 0.222. The average Bonchev–Trinajstić information content (AvgIpc) is 3.15. The second kappa shape index (κ2) is 6.92. The summed E-state index contributed by atoms with van der Waals surface area (Å²) in [6.45, 7) is 2.24. The zero-order valence-corrected chi connectivity index (χ0v) is 13.8. The van der Waals surface area contributed by atoms with E-state index in [4.69, 9.17) is 9.84 Å². The Balaban J connectivity index is 1.78. The number of carboxylic acids is 1. The van der Waals surface area contributed by atoms with Crippen molar-refractivity contribution in [2.75, 3.05) is 43.1 Å². The molecular formula is C16H17N7O3. The Hall–Kier alpha value is -3.27. The molecule has 134 valence electrons. The van der Waals surface area contributed by atoms with Crippen molar-refractivity contribution in [3.8, 4) is 11.4 Å². The molecule has 0 atom stereocenters. The van der Waals surface area contributed by atoms with Crippen LogP contribution in [0.2, 0.25) is 0 Å². The summed E-state index contributed by atoms with van der Waals surface area (Å²) in [5.74, 6) is 0.185. The highest BCUT2D eigenvalue weighted by Crippen LogP contribution is 2.26. The lowest BCUT2D eigenvalue weighted by Gasteiger charge is -2.27. The number of anilines is 2. The lowest BCUT2D eigenvalue weighted by atomic mass is 10.1. The van der Waals surface area contributed by atoms with Crippen molar-refractivity contribution in [3.63, 3.8) is 0 Å². The van der Waals surface area contributed by atoms with Crippen LogP contribution in [0.4, 0.5) is 11.9 Å². The molecule has 1 aliphatic heterocycles. The number of H-pyrrole nitrogens is 1. The van der Waals surface area contributed by atoms with Gasteiger partial charge in [0.05, 0.1) is 24.9 Å². The van der Waals surface area contributed by atoms with Gasteiger partial charge < -0.3 is 20.1 Å². The van der Waals surface area contributed by atoms with Crippen molar-refractivity contribution < 1.29 is 14.6 Å². The highest BCUT2D eigenvalue weighted by Gasteiger charge is 2.18. The highest BCUT2D eigenvalue weighted by molar-refractivity contribution is 5.92. The first kappa shape index (κ1) is 16.2. The molecule has 26 heavy (non-hydrogen) atoms. The van der Waals surface area contributed by atoms with Gasteiger partial charge in [-0.2, -0.15) is 20.1 Å². The number of hydrogen-bond acceptors (Lipinski definition) is 8. The zero-order valence-electron chi connectivity index (χ0n) is 13.8. The van der Waals surface area contributed by atoms with E-state index in [2.05, 4.69) is 30.5 Å². The SMILES string of the molecule is O=C(O)CNc1nc(-c2cccc3[nH]ncc23)nc(N2CCOCC2)n1. The fourth-order valence-electron chi connectivity index (χ4n) is 2.79. The summed E-state index contributed by atoms with van der Waals surface area (Å²) in [5, 5.41) is 19.5. The van der Waals surface area contributed by atoms with E-state index in [0.29, 0.717) is 38.1 Å². The fraction of sp³-hybridized carbons (Fsp3) is 0.312. The number of hydrogen-bond donors (Lipinski definition) is 3. The molecule has 1 aromatic carbocycles. The third-order valence-electron chi connectivity index (χ3n) is 4.04. The van der Waals surface area contributed by atoms with E-state index >= 15 is 0 Å². The van der Waals surface area contributed by atoms with E-state index in [1.54, 1.807) is 6.20 Å².